The minimum absolute atomic E-state index is 0.00266. The summed E-state index contributed by atoms with van der Waals surface area (Å²) in [5.74, 6) is 2.33. The van der Waals surface area contributed by atoms with Crippen LogP contribution in [0.15, 0.2) is 12.3 Å². The monoisotopic (exact) mass is 636 g/mol. The third-order valence-corrected chi connectivity index (χ3v) is 9.20. The Labute approximate surface area is 270 Å². The Morgan fingerprint density at radius 1 is 0.978 bits per heavy atom. The molecule has 4 fully saturated rings. The molecule has 0 spiro atoms. The first-order chi connectivity index (χ1) is 21.6. The number of rotatable bonds is 7. The number of amides is 2. The molecule has 4 aliphatic rings. The lowest BCUT2D eigenvalue weighted by atomic mass is 9.79. The lowest BCUT2D eigenvalue weighted by Crippen LogP contribution is -2.57. The maximum Gasteiger partial charge on any atom is 0.410 e. The highest BCUT2D eigenvalue weighted by atomic mass is 16.6. The third kappa shape index (κ3) is 5.78. The molecule has 3 aromatic rings. The first kappa shape index (κ1) is 32.1. The second-order valence-corrected chi connectivity index (χ2v) is 15.1. The molecular formula is C33H48N8O5. The number of fused-ring (bicyclic) bond motifs is 4. The molecule has 6 heterocycles. The molecule has 250 valence electrons. The zero-order valence-electron chi connectivity index (χ0n) is 28.8. The lowest BCUT2D eigenvalue weighted by Gasteiger charge is -2.43. The normalized spacial score (nSPS) is 21.5. The molecule has 13 nitrogen and oxygen atoms in total. The molecule has 3 aromatic heterocycles. The van der Waals surface area contributed by atoms with Gasteiger partial charge in [0.15, 0.2) is 5.82 Å². The van der Waals surface area contributed by atoms with E-state index in [-0.39, 0.29) is 30.2 Å². The average Bonchev–Trinajstić information content (AvgIpc) is 3.61. The summed E-state index contributed by atoms with van der Waals surface area (Å²) in [6.45, 7) is 14.0. The summed E-state index contributed by atoms with van der Waals surface area (Å²) in [6, 6.07) is 2.36. The van der Waals surface area contributed by atoms with Crippen LogP contribution in [0.5, 0.6) is 5.88 Å². The maximum absolute atomic E-state index is 13.3. The van der Waals surface area contributed by atoms with Crippen molar-refractivity contribution in [2.24, 2.45) is 5.92 Å². The van der Waals surface area contributed by atoms with Crippen molar-refractivity contribution in [3.63, 3.8) is 0 Å². The summed E-state index contributed by atoms with van der Waals surface area (Å²) in [5.41, 5.74) is 1.26. The largest absolute Gasteiger partial charge is 0.479 e. The quantitative estimate of drug-likeness (QED) is 0.371. The molecule has 2 bridgehead atoms. The highest BCUT2D eigenvalue weighted by Crippen LogP contribution is 2.52. The Morgan fingerprint density at radius 3 is 2.30 bits per heavy atom. The van der Waals surface area contributed by atoms with Crippen LogP contribution in [-0.2, 0) is 15.9 Å². The first-order valence-corrected chi connectivity index (χ1v) is 16.1. The van der Waals surface area contributed by atoms with Crippen molar-refractivity contribution in [3.8, 4) is 5.88 Å². The number of ether oxygens (including phenoxy) is 3. The molecule has 3 saturated heterocycles. The van der Waals surface area contributed by atoms with Crippen LogP contribution in [0.4, 0.5) is 15.4 Å². The van der Waals surface area contributed by atoms with Crippen molar-refractivity contribution in [3.05, 3.63) is 18.1 Å². The van der Waals surface area contributed by atoms with Crippen LogP contribution < -0.4 is 9.64 Å². The molecule has 1 saturated carbocycles. The fourth-order valence-corrected chi connectivity index (χ4v) is 6.81. The van der Waals surface area contributed by atoms with E-state index < -0.39 is 11.2 Å². The zero-order chi connectivity index (χ0) is 33.3. The number of nitrogens with zero attached hydrogens (tertiary/aromatic N) is 8. The fraction of sp³-hybridized carbons (Fsp3) is 0.667. The number of imidazole rings is 1. The van der Waals surface area contributed by atoms with Gasteiger partial charge in [-0.1, -0.05) is 0 Å². The number of aromatic nitrogens is 4. The van der Waals surface area contributed by atoms with Crippen molar-refractivity contribution in [2.45, 2.75) is 83.7 Å². The number of hydrogen-bond acceptors (Lipinski definition) is 10. The summed E-state index contributed by atoms with van der Waals surface area (Å²) < 4.78 is 19.5. The molecule has 0 aromatic carbocycles. The van der Waals surface area contributed by atoms with Crippen LogP contribution >= 0.6 is 0 Å². The van der Waals surface area contributed by atoms with Gasteiger partial charge < -0.3 is 38.4 Å². The maximum atomic E-state index is 13.3. The van der Waals surface area contributed by atoms with E-state index in [1.807, 2.05) is 52.5 Å². The number of pyridine rings is 2. The molecule has 3 unspecified atom stereocenters. The molecule has 7 rings (SSSR count). The Balaban J connectivity index is 1.46. The Morgan fingerprint density at radius 2 is 1.67 bits per heavy atom. The van der Waals surface area contributed by atoms with E-state index in [1.54, 1.807) is 25.3 Å². The van der Waals surface area contributed by atoms with Gasteiger partial charge in [-0.05, 0) is 68.1 Å². The number of hydrogen-bond donors (Lipinski definition) is 0. The Kier molecular flexibility index (Phi) is 7.97. The van der Waals surface area contributed by atoms with Crippen molar-refractivity contribution in [1.29, 1.82) is 0 Å². The second-order valence-electron chi connectivity index (χ2n) is 15.1. The summed E-state index contributed by atoms with van der Waals surface area (Å²) in [4.78, 5) is 49.1. The van der Waals surface area contributed by atoms with Gasteiger partial charge in [0.2, 0.25) is 5.88 Å². The summed E-state index contributed by atoms with van der Waals surface area (Å²) >= 11 is 0. The van der Waals surface area contributed by atoms with Gasteiger partial charge >= 0.3 is 12.2 Å². The van der Waals surface area contributed by atoms with E-state index >= 15 is 0 Å². The van der Waals surface area contributed by atoms with Gasteiger partial charge in [-0.3, -0.25) is 0 Å². The van der Waals surface area contributed by atoms with E-state index in [0.717, 1.165) is 47.6 Å². The van der Waals surface area contributed by atoms with Gasteiger partial charge in [0.25, 0.3) is 0 Å². The smallest absolute Gasteiger partial charge is 0.410 e. The number of carbonyl (C=O) groups excluding carboxylic acids is 2. The molecule has 0 radical (unpaired) electrons. The number of carbonyl (C=O) groups is 2. The van der Waals surface area contributed by atoms with Gasteiger partial charge in [-0.25, -0.2) is 24.5 Å². The van der Waals surface area contributed by atoms with E-state index in [0.29, 0.717) is 36.9 Å². The fourth-order valence-electron chi connectivity index (χ4n) is 6.81. The number of methoxy groups -OCH3 is 1. The van der Waals surface area contributed by atoms with Crippen LogP contribution in [0.3, 0.4) is 0 Å². The van der Waals surface area contributed by atoms with Crippen LogP contribution in [-0.4, -0.2) is 124 Å². The van der Waals surface area contributed by atoms with Gasteiger partial charge in [0.1, 0.15) is 28.1 Å². The second kappa shape index (κ2) is 11.4. The lowest BCUT2D eigenvalue weighted by molar-refractivity contribution is 0.0206. The molecule has 3 aliphatic heterocycles. The summed E-state index contributed by atoms with van der Waals surface area (Å²) in [6.07, 6.45) is 2.47. The van der Waals surface area contributed by atoms with E-state index in [9.17, 15) is 9.59 Å². The molecule has 0 N–H and O–H groups in total. The average molecular weight is 637 g/mol. The molecule has 2 amide bonds. The topological polar surface area (TPSA) is 118 Å². The minimum Gasteiger partial charge on any atom is -0.479 e. The highest BCUT2D eigenvalue weighted by Gasteiger charge is 2.56. The Bertz CT molecular complexity index is 1650. The van der Waals surface area contributed by atoms with Crippen molar-refractivity contribution >= 4 is 39.9 Å². The third-order valence-electron chi connectivity index (χ3n) is 9.20. The van der Waals surface area contributed by atoms with Gasteiger partial charge in [-0.2, -0.15) is 0 Å². The summed E-state index contributed by atoms with van der Waals surface area (Å²) in [7, 11) is 7.54. The standard InChI is InChI=1S/C33H48N8O5/c1-32(2,3)45-30(42)38(9)14-12-23-35-25-27(41(23)26-19-15-22(26)40(16-19)31(43)46-33(4,5)6)21-11-13-34-29(44-10)24(21)36-28(25)39-17-20(18-39)37(7)8/h11,13,19-20,22,26H,12,14-18H2,1-10H3. The van der Waals surface area contributed by atoms with Crippen LogP contribution in [0, 0.1) is 5.92 Å². The molecule has 3 atom stereocenters. The van der Waals surface area contributed by atoms with Crippen molar-refractivity contribution < 1.29 is 23.8 Å². The van der Waals surface area contributed by atoms with Crippen molar-refractivity contribution in [2.75, 3.05) is 59.3 Å². The molecule has 46 heavy (non-hydrogen) atoms. The zero-order valence-corrected chi connectivity index (χ0v) is 28.8. The molecular weight excluding hydrogens is 588 g/mol. The van der Waals surface area contributed by atoms with E-state index in [1.165, 1.54) is 0 Å². The molecule has 13 heteroatoms. The van der Waals surface area contributed by atoms with Crippen LogP contribution in [0.2, 0.25) is 0 Å². The van der Waals surface area contributed by atoms with Crippen LogP contribution in [0.25, 0.3) is 21.9 Å². The Hall–Kier alpha value is -3.87. The first-order valence-electron chi connectivity index (χ1n) is 16.1. The van der Waals surface area contributed by atoms with Crippen molar-refractivity contribution in [1.82, 2.24) is 34.2 Å². The predicted octanol–water partition coefficient (Wildman–Crippen LogP) is 4.33. The predicted molar refractivity (Wildman–Crippen MR) is 176 cm³/mol. The molecule has 1 aliphatic carbocycles. The minimum atomic E-state index is -0.594. The number of anilines is 1. The van der Waals surface area contributed by atoms with Gasteiger partial charge in [-0.15, -0.1) is 0 Å². The van der Waals surface area contributed by atoms with Crippen LogP contribution in [0.1, 0.15) is 59.8 Å². The highest BCUT2D eigenvalue weighted by molar-refractivity contribution is 6.08. The van der Waals surface area contributed by atoms with E-state index in [4.69, 9.17) is 24.2 Å². The van der Waals surface area contributed by atoms with E-state index in [2.05, 4.69) is 33.4 Å². The SMILES string of the molecule is COc1nccc2c1nc(N1CC(N(C)C)C1)c1nc(CCN(C)C(=O)OC(C)(C)C)n(C3C4CC3N(C(=O)OC(C)(C)C)C4)c12. The van der Waals surface area contributed by atoms with Gasteiger partial charge in [0, 0.05) is 63.2 Å². The number of likely N-dealkylation sites (N-methyl/N-ethyl adjacent to an activating group) is 2. The summed E-state index contributed by atoms with van der Waals surface area (Å²) in [5, 5.41) is 0.893. The van der Waals surface area contributed by atoms with Gasteiger partial charge in [0.05, 0.1) is 24.7 Å².